The monoisotopic (exact) mass is 283 g/mol. The molecule has 0 aromatic heterocycles. The summed E-state index contributed by atoms with van der Waals surface area (Å²) in [6.07, 6.45) is 2.51. The number of likely N-dealkylation sites (N-methyl/N-ethyl adjacent to an activating group) is 1. The van der Waals surface area contributed by atoms with Gasteiger partial charge in [-0.05, 0) is 57.6 Å². The molecule has 0 spiro atoms. The first-order chi connectivity index (χ1) is 9.52. The van der Waals surface area contributed by atoms with Crippen LogP contribution >= 0.6 is 0 Å². The summed E-state index contributed by atoms with van der Waals surface area (Å²) in [6.45, 7) is 1.76. The molecule has 0 radical (unpaired) electrons. The Kier molecular flexibility index (Phi) is 4.94. The molecule has 0 saturated carbocycles. The summed E-state index contributed by atoms with van der Waals surface area (Å²) >= 11 is 0. The molecule has 1 heterocycles. The van der Waals surface area contributed by atoms with Gasteiger partial charge < -0.3 is 15.5 Å². The summed E-state index contributed by atoms with van der Waals surface area (Å²) in [5.74, 6) is -0.958. The third kappa shape index (κ3) is 3.27. The quantitative estimate of drug-likeness (QED) is 0.917. The van der Waals surface area contributed by atoms with Crippen LogP contribution in [0.4, 0.5) is 14.5 Å². The van der Waals surface area contributed by atoms with Gasteiger partial charge >= 0.3 is 0 Å². The Bertz CT molecular complexity index is 439. The number of benzene rings is 1. The molecule has 0 bridgehead atoms. The lowest BCUT2D eigenvalue weighted by atomic mass is 10.0. The van der Waals surface area contributed by atoms with E-state index in [9.17, 15) is 8.78 Å². The van der Waals surface area contributed by atoms with Crippen LogP contribution in [0, 0.1) is 11.6 Å². The van der Waals surface area contributed by atoms with Crippen molar-refractivity contribution in [1.82, 2.24) is 4.90 Å². The molecule has 1 atom stereocenters. The first-order valence-electron chi connectivity index (χ1n) is 7.12. The zero-order chi connectivity index (χ0) is 14.7. The Morgan fingerprint density at radius 3 is 2.50 bits per heavy atom. The number of halogens is 2. The molecule has 1 aliphatic rings. The third-order valence-electron chi connectivity index (χ3n) is 3.95. The molecule has 0 aliphatic carbocycles. The molecule has 2 N–H and O–H groups in total. The lowest BCUT2D eigenvalue weighted by Gasteiger charge is -2.37. The van der Waals surface area contributed by atoms with E-state index < -0.39 is 11.6 Å². The Balaban J connectivity index is 2.23. The standard InChI is InChI=1S/C15H23F2N3/c1-19(2)12-4-3-7-20(10-12)15-13(16)8-11(5-6-18)9-14(15)17/h8-9,12H,3-7,10,18H2,1-2H3. The van der Waals surface area contributed by atoms with E-state index in [4.69, 9.17) is 5.73 Å². The smallest absolute Gasteiger partial charge is 0.149 e. The Morgan fingerprint density at radius 1 is 1.30 bits per heavy atom. The third-order valence-corrected chi connectivity index (χ3v) is 3.95. The minimum absolute atomic E-state index is 0.109. The number of hydrogen-bond acceptors (Lipinski definition) is 3. The highest BCUT2D eigenvalue weighted by atomic mass is 19.1. The normalized spacial score (nSPS) is 19.7. The molecule has 5 heteroatoms. The van der Waals surface area contributed by atoms with Gasteiger partial charge in [-0.15, -0.1) is 0 Å². The summed E-state index contributed by atoms with van der Waals surface area (Å²) < 4.78 is 28.4. The van der Waals surface area contributed by atoms with E-state index in [1.165, 1.54) is 12.1 Å². The van der Waals surface area contributed by atoms with Gasteiger partial charge in [-0.3, -0.25) is 0 Å². The van der Waals surface area contributed by atoms with Crippen molar-refractivity contribution in [3.05, 3.63) is 29.3 Å². The van der Waals surface area contributed by atoms with Crippen molar-refractivity contribution in [2.24, 2.45) is 5.73 Å². The molecule has 1 fully saturated rings. The van der Waals surface area contributed by atoms with Crippen LogP contribution in [0.5, 0.6) is 0 Å². The lowest BCUT2D eigenvalue weighted by molar-refractivity contribution is 0.256. The largest absolute Gasteiger partial charge is 0.365 e. The van der Waals surface area contributed by atoms with Gasteiger partial charge in [0.15, 0.2) is 0 Å². The lowest BCUT2D eigenvalue weighted by Crippen LogP contribution is -2.45. The summed E-state index contributed by atoms with van der Waals surface area (Å²) in [7, 11) is 4.01. The van der Waals surface area contributed by atoms with Gasteiger partial charge in [-0.25, -0.2) is 8.78 Å². The topological polar surface area (TPSA) is 32.5 Å². The van der Waals surface area contributed by atoms with Crippen molar-refractivity contribution < 1.29 is 8.78 Å². The van der Waals surface area contributed by atoms with Crippen LogP contribution in [0.2, 0.25) is 0 Å². The summed E-state index contributed by atoms with van der Waals surface area (Å²) in [5, 5.41) is 0. The maximum atomic E-state index is 14.2. The average molecular weight is 283 g/mol. The number of hydrogen-bond donors (Lipinski definition) is 1. The highest BCUT2D eigenvalue weighted by Crippen LogP contribution is 2.28. The van der Waals surface area contributed by atoms with Crippen molar-refractivity contribution in [1.29, 1.82) is 0 Å². The second kappa shape index (κ2) is 6.50. The van der Waals surface area contributed by atoms with Gasteiger partial charge in [0.25, 0.3) is 0 Å². The maximum Gasteiger partial charge on any atom is 0.149 e. The van der Waals surface area contributed by atoms with Crippen LogP contribution in [0.25, 0.3) is 0 Å². The van der Waals surface area contributed by atoms with E-state index in [-0.39, 0.29) is 5.69 Å². The fraction of sp³-hybridized carbons (Fsp3) is 0.600. The number of nitrogens with two attached hydrogens (primary N) is 1. The first kappa shape index (κ1) is 15.2. The summed E-state index contributed by atoms with van der Waals surface area (Å²) in [5.41, 5.74) is 6.16. The van der Waals surface area contributed by atoms with Crippen molar-refractivity contribution in [3.8, 4) is 0 Å². The molecular weight excluding hydrogens is 260 g/mol. The molecule has 20 heavy (non-hydrogen) atoms. The van der Waals surface area contributed by atoms with Gasteiger partial charge in [0.05, 0.1) is 0 Å². The van der Waals surface area contributed by atoms with Crippen LogP contribution in [-0.4, -0.2) is 44.7 Å². The molecule has 3 nitrogen and oxygen atoms in total. The van der Waals surface area contributed by atoms with E-state index in [0.717, 1.165) is 12.8 Å². The minimum Gasteiger partial charge on any atom is -0.365 e. The van der Waals surface area contributed by atoms with Crippen LogP contribution in [0.3, 0.4) is 0 Å². The highest BCUT2D eigenvalue weighted by Gasteiger charge is 2.25. The van der Waals surface area contributed by atoms with E-state index in [0.29, 0.717) is 37.7 Å². The molecular formula is C15H23F2N3. The Hall–Kier alpha value is -1.20. The second-order valence-corrected chi connectivity index (χ2v) is 5.65. The van der Waals surface area contributed by atoms with Crippen LogP contribution in [0.15, 0.2) is 12.1 Å². The summed E-state index contributed by atoms with van der Waals surface area (Å²) in [6, 6.07) is 3.15. The SMILES string of the molecule is CN(C)C1CCCN(c2c(F)cc(CCN)cc2F)C1. The van der Waals surface area contributed by atoms with E-state index in [1.54, 1.807) is 0 Å². The maximum absolute atomic E-state index is 14.2. The van der Waals surface area contributed by atoms with Gasteiger partial charge in [-0.1, -0.05) is 0 Å². The number of nitrogens with zero attached hydrogens (tertiary/aromatic N) is 2. The van der Waals surface area contributed by atoms with Crippen molar-refractivity contribution in [2.45, 2.75) is 25.3 Å². The predicted molar refractivity (Wildman–Crippen MR) is 78.0 cm³/mol. The van der Waals surface area contributed by atoms with Gasteiger partial charge in [-0.2, -0.15) is 0 Å². The minimum atomic E-state index is -0.479. The van der Waals surface area contributed by atoms with Crippen molar-refractivity contribution in [2.75, 3.05) is 38.6 Å². The fourth-order valence-corrected chi connectivity index (χ4v) is 2.81. The fourth-order valence-electron chi connectivity index (χ4n) is 2.81. The Morgan fingerprint density at radius 2 is 1.95 bits per heavy atom. The molecule has 1 aromatic rings. The summed E-state index contributed by atoms with van der Waals surface area (Å²) in [4.78, 5) is 3.94. The van der Waals surface area contributed by atoms with Gasteiger partial charge in [0.1, 0.15) is 17.3 Å². The predicted octanol–water partition coefficient (Wildman–Crippen LogP) is 2.00. The van der Waals surface area contributed by atoms with Gasteiger partial charge in [0, 0.05) is 19.1 Å². The zero-order valence-corrected chi connectivity index (χ0v) is 12.2. The number of rotatable bonds is 4. The second-order valence-electron chi connectivity index (χ2n) is 5.65. The molecule has 1 aromatic carbocycles. The van der Waals surface area contributed by atoms with Crippen LogP contribution < -0.4 is 10.6 Å². The zero-order valence-electron chi connectivity index (χ0n) is 12.2. The van der Waals surface area contributed by atoms with Crippen molar-refractivity contribution in [3.63, 3.8) is 0 Å². The Labute approximate surface area is 119 Å². The van der Waals surface area contributed by atoms with Gasteiger partial charge in [0.2, 0.25) is 0 Å². The molecule has 0 amide bonds. The van der Waals surface area contributed by atoms with E-state index in [1.807, 2.05) is 19.0 Å². The number of piperidine rings is 1. The van der Waals surface area contributed by atoms with E-state index in [2.05, 4.69) is 4.90 Å². The molecule has 2 rings (SSSR count). The molecule has 1 aliphatic heterocycles. The number of anilines is 1. The molecule has 1 saturated heterocycles. The average Bonchev–Trinajstić information content (AvgIpc) is 2.38. The van der Waals surface area contributed by atoms with Crippen LogP contribution in [-0.2, 0) is 6.42 Å². The van der Waals surface area contributed by atoms with Crippen molar-refractivity contribution >= 4 is 5.69 Å². The molecule has 112 valence electrons. The first-order valence-corrected chi connectivity index (χ1v) is 7.12. The van der Waals surface area contributed by atoms with Crippen LogP contribution in [0.1, 0.15) is 18.4 Å². The molecule has 1 unspecified atom stereocenters. The van der Waals surface area contributed by atoms with E-state index >= 15 is 0 Å². The highest BCUT2D eigenvalue weighted by molar-refractivity contribution is 5.51.